The summed E-state index contributed by atoms with van der Waals surface area (Å²) in [7, 11) is 1.69. The number of rotatable bonds is 5. The van der Waals surface area contributed by atoms with Crippen molar-refractivity contribution < 1.29 is 9.47 Å². The highest BCUT2D eigenvalue weighted by Crippen LogP contribution is 2.32. The molecule has 1 saturated heterocycles. The van der Waals surface area contributed by atoms with E-state index >= 15 is 0 Å². The highest BCUT2D eigenvalue weighted by atomic mass is 16.5. The van der Waals surface area contributed by atoms with Gasteiger partial charge in [0.15, 0.2) is 11.5 Å². The van der Waals surface area contributed by atoms with Crippen molar-refractivity contribution in [2.45, 2.75) is 32.2 Å². The molecule has 0 aliphatic carbocycles. The van der Waals surface area contributed by atoms with Crippen molar-refractivity contribution >= 4 is 0 Å². The largest absolute Gasteiger partial charge is 0.493 e. The van der Waals surface area contributed by atoms with Crippen LogP contribution in [0.3, 0.4) is 0 Å². The van der Waals surface area contributed by atoms with Gasteiger partial charge in [-0.05, 0) is 43.5 Å². The van der Waals surface area contributed by atoms with E-state index < -0.39 is 0 Å². The van der Waals surface area contributed by atoms with Crippen LogP contribution in [0, 0.1) is 0 Å². The van der Waals surface area contributed by atoms with Crippen LogP contribution in [-0.2, 0) is 0 Å². The fourth-order valence-electron chi connectivity index (χ4n) is 2.20. The van der Waals surface area contributed by atoms with E-state index in [-0.39, 0.29) is 0 Å². The highest BCUT2D eigenvalue weighted by molar-refractivity contribution is 5.44. The Morgan fingerprint density at radius 1 is 1.35 bits per heavy atom. The van der Waals surface area contributed by atoms with E-state index in [2.05, 4.69) is 24.4 Å². The first-order valence-electron chi connectivity index (χ1n) is 6.39. The average Bonchev–Trinajstić information content (AvgIpc) is 2.90. The molecular formula is C14H21NO2. The summed E-state index contributed by atoms with van der Waals surface area (Å²) in [5.74, 6) is 1.68. The summed E-state index contributed by atoms with van der Waals surface area (Å²) in [6.07, 6.45) is 3.47. The van der Waals surface area contributed by atoms with Crippen molar-refractivity contribution in [3.05, 3.63) is 23.8 Å². The van der Waals surface area contributed by atoms with Gasteiger partial charge in [-0.25, -0.2) is 0 Å². The van der Waals surface area contributed by atoms with E-state index in [1.807, 2.05) is 6.07 Å². The third-order valence-electron chi connectivity index (χ3n) is 3.11. The molecule has 1 fully saturated rings. The number of methoxy groups -OCH3 is 1. The van der Waals surface area contributed by atoms with Crippen molar-refractivity contribution in [3.8, 4) is 11.5 Å². The van der Waals surface area contributed by atoms with E-state index in [9.17, 15) is 0 Å². The molecule has 0 spiro atoms. The zero-order valence-corrected chi connectivity index (χ0v) is 10.7. The van der Waals surface area contributed by atoms with Crippen LogP contribution in [0.4, 0.5) is 0 Å². The Bertz CT molecular complexity index is 359. The first-order valence-corrected chi connectivity index (χ1v) is 6.39. The molecule has 0 aromatic heterocycles. The molecule has 94 valence electrons. The predicted molar refractivity (Wildman–Crippen MR) is 68.8 cm³/mol. The van der Waals surface area contributed by atoms with Gasteiger partial charge in [-0.3, -0.25) is 0 Å². The quantitative estimate of drug-likeness (QED) is 0.851. The highest BCUT2D eigenvalue weighted by Gasteiger charge is 2.17. The van der Waals surface area contributed by atoms with E-state index in [4.69, 9.17) is 9.47 Å². The first-order chi connectivity index (χ1) is 8.35. The van der Waals surface area contributed by atoms with Gasteiger partial charge in [0.2, 0.25) is 0 Å². The van der Waals surface area contributed by atoms with Crippen molar-refractivity contribution in [1.82, 2.24) is 5.32 Å². The molecule has 0 unspecified atom stereocenters. The number of nitrogens with one attached hydrogen (secondary N) is 1. The normalized spacial score (nSPS) is 19.3. The minimum Gasteiger partial charge on any atom is -0.493 e. The zero-order chi connectivity index (χ0) is 12.1. The lowest BCUT2D eigenvalue weighted by molar-refractivity contribution is 0.294. The Balaban J connectivity index is 2.14. The Morgan fingerprint density at radius 2 is 2.24 bits per heavy atom. The smallest absolute Gasteiger partial charge is 0.161 e. The van der Waals surface area contributed by atoms with Gasteiger partial charge in [-0.1, -0.05) is 13.0 Å². The van der Waals surface area contributed by atoms with Gasteiger partial charge in [0, 0.05) is 6.04 Å². The molecule has 1 heterocycles. The Morgan fingerprint density at radius 3 is 2.88 bits per heavy atom. The predicted octanol–water partition coefficient (Wildman–Crippen LogP) is 2.91. The summed E-state index contributed by atoms with van der Waals surface area (Å²) >= 11 is 0. The Kier molecular flexibility index (Phi) is 4.26. The molecule has 1 aliphatic rings. The molecule has 0 saturated carbocycles. The lowest BCUT2D eigenvalue weighted by Gasteiger charge is -2.15. The zero-order valence-electron chi connectivity index (χ0n) is 10.7. The Hall–Kier alpha value is -1.22. The molecule has 1 aliphatic heterocycles. The van der Waals surface area contributed by atoms with E-state index in [1.54, 1.807) is 7.11 Å². The van der Waals surface area contributed by atoms with Crippen molar-refractivity contribution in [1.29, 1.82) is 0 Å². The van der Waals surface area contributed by atoms with Crippen LogP contribution >= 0.6 is 0 Å². The van der Waals surface area contributed by atoms with Crippen LogP contribution in [-0.4, -0.2) is 20.3 Å². The maximum Gasteiger partial charge on any atom is 0.161 e. The molecule has 17 heavy (non-hydrogen) atoms. The summed E-state index contributed by atoms with van der Waals surface area (Å²) in [5, 5.41) is 3.49. The molecule has 0 radical (unpaired) electrons. The fourth-order valence-corrected chi connectivity index (χ4v) is 2.20. The molecule has 2 rings (SSSR count). The van der Waals surface area contributed by atoms with Gasteiger partial charge in [-0.15, -0.1) is 0 Å². The minimum atomic E-state index is 0.476. The van der Waals surface area contributed by atoms with Gasteiger partial charge >= 0.3 is 0 Å². The number of hydrogen-bond donors (Lipinski definition) is 1. The molecule has 3 heteroatoms. The average molecular weight is 235 g/mol. The topological polar surface area (TPSA) is 30.5 Å². The van der Waals surface area contributed by atoms with Crippen LogP contribution in [0.5, 0.6) is 11.5 Å². The van der Waals surface area contributed by atoms with Gasteiger partial charge in [0.05, 0.1) is 13.7 Å². The SMILES string of the molecule is CCCOc1ccc([C@H]2CCCN2)cc1OC. The molecule has 1 aromatic carbocycles. The fraction of sp³-hybridized carbons (Fsp3) is 0.571. The number of ether oxygens (including phenoxy) is 2. The van der Waals surface area contributed by atoms with Gasteiger partial charge in [0.25, 0.3) is 0 Å². The number of benzene rings is 1. The van der Waals surface area contributed by atoms with Gasteiger partial charge < -0.3 is 14.8 Å². The van der Waals surface area contributed by atoms with Gasteiger partial charge in [0.1, 0.15) is 0 Å². The second-order valence-corrected chi connectivity index (χ2v) is 4.41. The molecular weight excluding hydrogens is 214 g/mol. The first kappa shape index (κ1) is 12.2. The van der Waals surface area contributed by atoms with Gasteiger partial charge in [-0.2, -0.15) is 0 Å². The molecule has 0 bridgehead atoms. The molecule has 1 N–H and O–H groups in total. The van der Waals surface area contributed by atoms with Crippen molar-refractivity contribution in [2.75, 3.05) is 20.3 Å². The maximum absolute atomic E-state index is 5.65. The monoisotopic (exact) mass is 235 g/mol. The van der Waals surface area contributed by atoms with Crippen LogP contribution in [0.1, 0.15) is 37.8 Å². The summed E-state index contributed by atoms with van der Waals surface area (Å²) in [5.41, 5.74) is 1.29. The second-order valence-electron chi connectivity index (χ2n) is 4.41. The van der Waals surface area contributed by atoms with Crippen LogP contribution in [0.15, 0.2) is 18.2 Å². The van der Waals surface area contributed by atoms with E-state index in [1.165, 1.54) is 18.4 Å². The molecule has 1 atom stereocenters. The third-order valence-corrected chi connectivity index (χ3v) is 3.11. The third kappa shape index (κ3) is 2.91. The van der Waals surface area contributed by atoms with Crippen molar-refractivity contribution in [3.63, 3.8) is 0 Å². The van der Waals surface area contributed by atoms with Crippen LogP contribution < -0.4 is 14.8 Å². The maximum atomic E-state index is 5.65. The molecule has 0 amide bonds. The summed E-state index contributed by atoms with van der Waals surface area (Å²) in [6.45, 7) is 3.95. The lowest BCUT2D eigenvalue weighted by Crippen LogP contribution is -2.12. The molecule has 3 nitrogen and oxygen atoms in total. The number of hydrogen-bond acceptors (Lipinski definition) is 3. The lowest BCUT2D eigenvalue weighted by atomic mass is 10.0. The van der Waals surface area contributed by atoms with E-state index in [0.29, 0.717) is 6.04 Å². The summed E-state index contributed by atoms with van der Waals surface area (Å²) < 4.78 is 11.0. The summed E-state index contributed by atoms with van der Waals surface area (Å²) in [6, 6.07) is 6.72. The standard InChI is InChI=1S/C14H21NO2/c1-3-9-17-13-7-6-11(10-14(13)16-2)12-5-4-8-15-12/h6-7,10,12,15H,3-5,8-9H2,1-2H3/t12-/m1/s1. The Labute approximate surface area is 103 Å². The second kappa shape index (κ2) is 5.92. The van der Waals surface area contributed by atoms with Crippen molar-refractivity contribution in [2.24, 2.45) is 0 Å². The minimum absolute atomic E-state index is 0.476. The molecule has 1 aromatic rings. The van der Waals surface area contributed by atoms with E-state index in [0.717, 1.165) is 31.1 Å². The van der Waals surface area contributed by atoms with Crippen LogP contribution in [0.2, 0.25) is 0 Å². The van der Waals surface area contributed by atoms with Crippen LogP contribution in [0.25, 0.3) is 0 Å². The summed E-state index contributed by atoms with van der Waals surface area (Å²) in [4.78, 5) is 0.